The van der Waals surface area contributed by atoms with Crippen LogP contribution in [0.5, 0.6) is 0 Å². The maximum atomic E-state index is 11.3. The van der Waals surface area contributed by atoms with Gasteiger partial charge in [0.2, 0.25) is 0 Å². The second-order valence-corrected chi connectivity index (χ2v) is 10.9. The van der Waals surface area contributed by atoms with E-state index >= 15 is 0 Å². The molecule has 2 aliphatic carbocycles. The summed E-state index contributed by atoms with van der Waals surface area (Å²) in [6, 6.07) is 0. The molecule has 4 nitrogen and oxygen atoms in total. The first-order valence-corrected chi connectivity index (χ1v) is 13.6. The maximum absolute atomic E-state index is 11.3. The van der Waals surface area contributed by atoms with Crippen LogP contribution < -0.4 is 0 Å². The van der Waals surface area contributed by atoms with Crippen LogP contribution in [0, 0.1) is 35.5 Å². The van der Waals surface area contributed by atoms with E-state index in [9.17, 15) is 9.59 Å². The molecule has 188 valence electrons. The first kappa shape index (κ1) is 29.0. The van der Waals surface area contributed by atoms with Crippen molar-refractivity contribution in [3.8, 4) is 0 Å². The van der Waals surface area contributed by atoms with Crippen LogP contribution in [0.1, 0.15) is 119 Å². The Bertz CT molecular complexity index is 452. The third-order valence-electron chi connectivity index (χ3n) is 7.19. The van der Waals surface area contributed by atoms with E-state index in [0.717, 1.165) is 11.8 Å². The van der Waals surface area contributed by atoms with Crippen LogP contribution >= 0.6 is 0 Å². The van der Waals surface area contributed by atoms with Gasteiger partial charge in [0.1, 0.15) is 0 Å². The zero-order valence-corrected chi connectivity index (χ0v) is 22.0. The molecule has 0 spiro atoms. The standard InChI is InChI=1S/2C14H26O2/c2*1-4-5-12-6-8-13(9-7-12)10-16-14(15)11(2)3/h2*11-13H,4-10H2,1-3H3. The lowest BCUT2D eigenvalue weighted by Gasteiger charge is -2.28. The van der Waals surface area contributed by atoms with Gasteiger partial charge in [-0.2, -0.15) is 0 Å². The quantitative estimate of drug-likeness (QED) is 0.320. The van der Waals surface area contributed by atoms with Crippen LogP contribution in [0.15, 0.2) is 0 Å². The number of carbonyl (C=O) groups is 2. The summed E-state index contributed by atoms with van der Waals surface area (Å²) in [5, 5.41) is 0. The lowest BCUT2D eigenvalue weighted by molar-refractivity contribution is -0.150. The molecule has 0 N–H and O–H groups in total. The summed E-state index contributed by atoms with van der Waals surface area (Å²) in [5.74, 6) is 3.04. The molecule has 0 aliphatic heterocycles. The van der Waals surface area contributed by atoms with Crippen molar-refractivity contribution in [2.45, 2.75) is 119 Å². The fourth-order valence-corrected chi connectivity index (χ4v) is 4.92. The zero-order valence-electron chi connectivity index (χ0n) is 22.0. The van der Waals surface area contributed by atoms with Crippen molar-refractivity contribution < 1.29 is 19.1 Å². The number of hydrogen-bond donors (Lipinski definition) is 0. The third-order valence-corrected chi connectivity index (χ3v) is 7.19. The Morgan fingerprint density at radius 1 is 0.594 bits per heavy atom. The molecule has 32 heavy (non-hydrogen) atoms. The summed E-state index contributed by atoms with van der Waals surface area (Å²) >= 11 is 0. The van der Waals surface area contributed by atoms with Gasteiger partial charge in [0.25, 0.3) is 0 Å². The predicted molar refractivity (Wildman–Crippen MR) is 132 cm³/mol. The van der Waals surface area contributed by atoms with Crippen molar-refractivity contribution in [1.29, 1.82) is 0 Å². The molecular formula is C28H52O4. The maximum Gasteiger partial charge on any atom is 0.308 e. The summed E-state index contributed by atoms with van der Waals surface area (Å²) in [7, 11) is 0. The number of carbonyl (C=O) groups excluding carboxylic acids is 2. The molecule has 0 bridgehead atoms. The van der Waals surface area contributed by atoms with Crippen LogP contribution in [0.4, 0.5) is 0 Å². The van der Waals surface area contributed by atoms with E-state index in [1.165, 1.54) is 77.0 Å². The first-order valence-electron chi connectivity index (χ1n) is 13.6. The molecule has 0 aromatic carbocycles. The molecule has 0 unspecified atom stereocenters. The minimum absolute atomic E-state index is 0.0106. The van der Waals surface area contributed by atoms with Crippen molar-refractivity contribution >= 4 is 11.9 Å². The molecule has 0 aromatic rings. The highest BCUT2D eigenvalue weighted by atomic mass is 16.5. The Hall–Kier alpha value is -1.06. The number of esters is 2. The van der Waals surface area contributed by atoms with Crippen molar-refractivity contribution in [3.63, 3.8) is 0 Å². The Morgan fingerprint density at radius 2 is 0.875 bits per heavy atom. The highest BCUT2D eigenvalue weighted by Gasteiger charge is 2.23. The van der Waals surface area contributed by atoms with Gasteiger partial charge in [-0.05, 0) is 49.4 Å². The number of hydrogen-bond acceptors (Lipinski definition) is 4. The van der Waals surface area contributed by atoms with Gasteiger partial charge in [-0.3, -0.25) is 9.59 Å². The second kappa shape index (κ2) is 16.5. The van der Waals surface area contributed by atoms with E-state index in [2.05, 4.69) is 13.8 Å². The van der Waals surface area contributed by atoms with Gasteiger partial charge < -0.3 is 9.47 Å². The molecule has 0 radical (unpaired) electrons. The predicted octanol–water partition coefficient (Wildman–Crippen LogP) is 7.58. The fraction of sp³-hybridized carbons (Fsp3) is 0.929. The van der Waals surface area contributed by atoms with Crippen molar-refractivity contribution in [1.82, 2.24) is 0 Å². The Morgan fingerprint density at radius 3 is 1.12 bits per heavy atom. The van der Waals surface area contributed by atoms with Gasteiger partial charge in [-0.15, -0.1) is 0 Å². The Labute approximate surface area is 198 Å². The minimum Gasteiger partial charge on any atom is -0.465 e. The largest absolute Gasteiger partial charge is 0.465 e. The van der Waals surface area contributed by atoms with Crippen molar-refractivity contribution in [2.24, 2.45) is 35.5 Å². The fourth-order valence-electron chi connectivity index (χ4n) is 4.92. The minimum atomic E-state index is -0.0457. The molecule has 0 saturated heterocycles. The van der Waals surface area contributed by atoms with Crippen LogP contribution in [0.2, 0.25) is 0 Å². The van der Waals surface area contributed by atoms with E-state index in [0.29, 0.717) is 25.0 Å². The van der Waals surface area contributed by atoms with E-state index in [4.69, 9.17) is 9.47 Å². The smallest absolute Gasteiger partial charge is 0.308 e. The monoisotopic (exact) mass is 452 g/mol. The first-order chi connectivity index (χ1) is 15.3. The Kier molecular flexibility index (Phi) is 15.0. The molecular weight excluding hydrogens is 400 g/mol. The van der Waals surface area contributed by atoms with Crippen molar-refractivity contribution in [3.05, 3.63) is 0 Å². The molecule has 0 heterocycles. The lowest BCUT2D eigenvalue weighted by atomic mass is 9.80. The van der Waals surface area contributed by atoms with Crippen LogP contribution in [0.3, 0.4) is 0 Å². The zero-order chi connectivity index (χ0) is 23.9. The molecule has 0 atom stereocenters. The van der Waals surface area contributed by atoms with Crippen LogP contribution in [-0.4, -0.2) is 25.2 Å². The summed E-state index contributed by atoms with van der Waals surface area (Å²) in [5.41, 5.74) is 0. The highest BCUT2D eigenvalue weighted by Crippen LogP contribution is 2.32. The second-order valence-electron chi connectivity index (χ2n) is 10.9. The van der Waals surface area contributed by atoms with Gasteiger partial charge in [0, 0.05) is 0 Å². The SMILES string of the molecule is CCCC1CCC(COC(=O)C(C)C)CC1.CCCC1CCC(COC(=O)C(C)C)CC1. The summed E-state index contributed by atoms with van der Waals surface area (Å²) in [4.78, 5) is 22.7. The average Bonchev–Trinajstić information content (AvgIpc) is 2.78. The summed E-state index contributed by atoms with van der Waals surface area (Å²) in [6.07, 6.45) is 15.7. The normalized spacial score (nSPS) is 25.8. The van der Waals surface area contributed by atoms with E-state index in [-0.39, 0.29) is 23.8 Å². The van der Waals surface area contributed by atoms with Crippen LogP contribution in [0.25, 0.3) is 0 Å². The molecule has 0 aromatic heterocycles. The van der Waals surface area contributed by atoms with Gasteiger partial charge >= 0.3 is 11.9 Å². The van der Waals surface area contributed by atoms with E-state index in [1.54, 1.807) is 0 Å². The Balaban J connectivity index is 0.000000320. The molecule has 2 fully saturated rings. The number of ether oxygens (including phenoxy) is 2. The average molecular weight is 453 g/mol. The van der Waals surface area contributed by atoms with Crippen LogP contribution in [-0.2, 0) is 19.1 Å². The third kappa shape index (κ3) is 12.3. The van der Waals surface area contributed by atoms with Gasteiger partial charge in [-0.25, -0.2) is 0 Å². The lowest BCUT2D eigenvalue weighted by Crippen LogP contribution is -2.22. The summed E-state index contributed by atoms with van der Waals surface area (Å²) in [6.45, 7) is 13.4. The van der Waals surface area contributed by atoms with Gasteiger partial charge in [0.15, 0.2) is 0 Å². The summed E-state index contributed by atoms with van der Waals surface area (Å²) < 4.78 is 10.6. The highest BCUT2D eigenvalue weighted by molar-refractivity contribution is 5.71. The molecule has 2 aliphatic rings. The molecule has 0 amide bonds. The van der Waals surface area contributed by atoms with E-state index < -0.39 is 0 Å². The molecule has 2 rings (SSSR count). The topological polar surface area (TPSA) is 52.6 Å². The molecule has 2 saturated carbocycles. The molecule has 4 heteroatoms. The number of rotatable bonds is 10. The van der Waals surface area contributed by atoms with Gasteiger partial charge in [0.05, 0.1) is 25.0 Å². The van der Waals surface area contributed by atoms with Gasteiger partial charge in [-0.1, -0.05) is 92.9 Å². The van der Waals surface area contributed by atoms with Crippen molar-refractivity contribution in [2.75, 3.05) is 13.2 Å². The van der Waals surface area contributed by atoms with E-state index in [1.807, 2.05) is 27.7 Å².